The second kappa shape index (κ2) is 6.27. The molecule has 2 aromatic rings. The number of rotatable bonds is 4. The molecule has 1 aromatic heterocycles. The topological polar surface area (TPSA) is 75.3 Å². The molecule has 112 valence electrons. The van der Waals surface area contributed by atoms with Crippen molar-refractivity contribution in [2.24, 2.45) is 0 Å². The molecule has 2 N–H and O–H groups in total. The van der Waals surface area contributed by atoms with Crippen LogP contribution in [0.1, 0.15) is 20.8 Å². The van der Waals surface area contributed by atoms with Crippen LogP contribution in [0.25, 0.3) is 0 Å². The van der Waals surface area contributed by atoms with Crippen LogP contribution in [0.4, 0.5) is 0 Å². The Balaban J connectivity index is 2.11. The zero-order valence-electron chi connectivity index (χ0n) is 11.3. The van der Waals surface area contributed by atoms with Gasteiger partial charge in [-0.05, 0) is 65.2 Å². The van der Waals surface area contributed by atoms with Gasteiger partial charge in [-0.15, -0.1) is 16.2 Å². The van der Waals surface area contributed by atoms with E-state index in [0.717, 1.165) is 14.9 Å². The number of hydrogen-bond acceptors (Lipinski definition) is 4. The highest BCUT2D eigenvalue weighted by atomic mass is 79.9. The van der Waals surface area contributed by atoms with Crippen LogP contribution < -0.4 is 10.3 Å². The number of benzene rings is 1. The lowest BCUT2D eigenvalue weighted by Gasteiger charge is -2.09. The van der Waals surface area contributed by atoms with E-state index in [1.807, 2.05) is 13.8 Å². The van der Waals surface area contributed by atoms with Crippen LogP contribution in [0, 0.1) is 13.8 Å². The minimum Gasteiger partial charge on any atom is -0.273 e. The molecule has 0 saturated heterocycles. The molecule has 8 heteroatoms. The Morgan fingerprint density at radius 3 is 2.43 bits per heavy atom. The van der Waals surface area contributed by atoms with Crippen molar-refractivity contribution in [3.63, 3.8) is 0 Å². The molecule has 5 nitrogen and oxygen atoms in total. The van der Waals surface area contributed by atoms with Crippen molar-refractivity contribution in [2.45, 2.75) is 18.7 Å². The van der Waals surface area contributed by atoms with Gasteiger partial charge < -0.3 is 0 Å². The van der Waals surface area contributed by atoms with Gasteiger partial charge in [0.25, 0.3) is 15.9 Å². The van der Waals surface area contributed by atoms with Crippen molar-refractivity contribution in [2.75, 3.05) is 0 Å². The standard InChI is InChI=1S/C13H13BrN2O3S2/c1-8-3-4-10(7-9(8)2)21(18,19)16-15-13(17)11-5-6-12(14)20-11/h3-7,16H,1-2H3,(H,15,17). The van der Waals surface area contributed by atoms with E-state index in [2.05, 4.69) is 26.2 Å². The maximum absolute atomic E-state index is 12.1. The highest BCUT2D eigenvalue weighted by molar-refractivity contribution is 9.11. The van der Waals surface area contributed by atoms with Crippen LogP contribution in [0.3, 0.4) is 0 Å². The Kier molecular flexibility index (Phi) is 4.82. The lowest BCUT2D eigenvalue weighted by molar-refractivity contribution is 0.0949. The summed E-state index contributed by atoms with van der Waals surface area (Å²) in [6.07, 6.45) is 0. The first kappa shape index (κ1) is 16.2. The number of amides is 1. The highest BCUT2D eigenvalue weighted by Crippen LogP contribution is 2.21. The van der Waals surface area contributed by atoms with Gasteiger partial charge >= 0.3 is 0 Å². The SMILES string of the molecule is Cc1ccc(S(=O)(=O)NNC(=O)c2ccc(Br)s2)cc1C. The summed E-state index contributed by atoms with van der Waals surface area (Å²) in [5.74, 6) is -0.502. The Hall–Kier alpha value is -1.22. The monoisotopic (exact) mass is 388 g/mol. The molecule has 0 aliphatic heterocycles. The molecule has 0 saturated carbocycles. The lowest BCUT2D eigenvalue weighted by atomic mass is 10.1. The third kappa shape index (κ3) is 3.91. The molecule has 1 amide bonds. The molecule has 0 aliphatic carbocycles. The fourth-order valence-corrected chi connectivity index (χ4v) is 3.76. The summed E-state index contributed by atoms with van der Waals surface area (Å²) in [4.78, 5) is 14.4. The number of hydrazine groups is 1. The molecule has 0 fully saturated rings. The zero-order valence-corrected chi connectivity index (χ0v) is 14.5. The molecule has 0 bridgehead atoms. The first-order valence-electron chi connectivity index (χ1n) is 5.94. The highest BCUT2D eigenvalue weighted by Gasteiger charge is 2.17. The Morgan fingerprint density at radius 1 is 1.14 bits per heavy atom. The summed E-state index contributed by atoms with van der Waals surface area (Å²) in [5, 5.41) is 0. The number of hydrogen-bond donors (Lipinski definition) is 2. The summed E-state index contributed by atoms with van der Waals surface area (Å²) >= 11 is 4.46. The van der Waals surface area contributed by atoms with Gasteiger partial charge in [0.05, 0.1) is 13.6 Å². The van der Waals surface area contributed by atoms with E-state index in [4.69, 9.17) is 0 Å². The maximum atomic E-state index is 12.1. The van der Waals surface area contributed by atoms with E-state index in [-0.39, 0.29) is 4.90 Å². The van der Waals surface area contributed by atoms with Gasteiger partial charge in [0.1, 0.15) is 0 Å². The van der Waals surface area contributed by atoms with E-state index in [0.29, 0.717) is 4.88 Å². The number of aryl methyl sites for hydroxylation is 2. The minimum atomic E-state index is -3.78. The molecule has 1 heterocycles. The molecular formula is C13H13BrN2O3S2. The Bertz CT molecular complexity index is 784. The van der Waals surface area contributed by atoms with Gasteiger partial charge in [0.15, 0.2) is 0 Å². The zero-order chi connectivity index (χ0) is 15.6. The summed E-state index contributed by atoms with van der Waals surface area (Å²) < 4.78 is 25.0. The van der Waals surface area contributed by atoms with Crippen LogP contribution in [-0.2, 0) is 10.0 Å². The second-order valence-electron chi connectivity index (χ2n) is 4.41. The van der Waals surface area contributed by atoms with Gasteiger partial charge in [-0.1, -0.05) is 6.07 Å². The van der Waals surface area contributed by atoms with Crippen LogP contribution in [0.2, 0.25) is 0 Å². The molecule has 0 unspecified atom stereocenters. The number of halogens is 1. The molecule has 21 heavy (non-hydrogen) atoms. The first-order chi connectivity index (χ1) is 9.79. The average Bonchev–Trinajstić information content (AvgIpc) is 2.86. The predicted octanol–water partition coefficient (Wildman–Crippen LogP) is 2.75. The third-order valence-corrected chi connectivity index (χ3v) is 5.75. The normalized spacial score (nSPS) is 11.4. The van der Waals surface area contributed by atoms with Crippen LogP contribution in [0.15, 0.2) is 39.0 Å². The first-order valence-corrected chi connectivity index (χ1v) is 9.03. The molecule has 0 spiro atoms. The van der Waals surface area contributed by atoms with Crippen molar-refractivity contribution in [3.8, 4) is 0 Å². The fraction of sp³-hybridized carbons (Fsp3) is 0.154. The molecule has 0 aliphatic rings. The van der Waals surface area contributed by atoms with Crippen molar-refractivity contribution in [1.29, 1.82) is 0 Å². The largest absolute Gasteiger partial charge is 0.276 e. The van der Waals surface area contributed by atoms with E-state index in [1.54, 1.807) is 24.3 Å². The number of carbonyl (C=O) groups is 1. The average molecular weight is 389 g/mol. The van der Waals surface area contributed by atoms with Gasteiger partial charge in [0, 0.05) is 0 Å². The molecule has 1 aromatic carbocycles. The number of carbonyl (C=O) groups excluding carboxylic acids is 1. The second-order valence-corrected chi connectivity index (χ2v) is 8.55. The van der Waals surface area contributed by atoms with Crippen molar-refractivity contribution >= 4 is 43.2 Å². The predicted molar refractivity (Wildman–Crippen MR) is 85.7 cm³/mol. The smallest absolute Gasteiger partial charge is 0.273 e. The fourth-order valence-electron chi connectivity index (χ4n) is 1.55. The number of sulfonamides is 1. The van der Waals surface area contributed by atoms with Gasteiger partial charge in [0.2, 0.25) is 0 Å². The lowest BCUT2D eigenvalue weighted by Crippen LogP contribution is -2.41. The van der Waals surface area contributed by atoms with E-state index in [9.17, 15) is 13.2 Å². The molecule has 0 radical (unpaired) electrons. The van der Waals surface area contributed by atoms with Crippen molar-refractivity contribution in [3.05, 3.63) is 50.1 Å². The number of nitrogens with one attached hydrogen (secondary N) is 2. The Labute approximate surface area is 135 Å². The van der Waals surface area contributed by atoms with Crippen LogP contribution in [0.5, 0.6) is 0 Å². The van der Waals surface area contributed by atoms with E-state index in [1.165, 1.54) is 17.4 Å². The van der Waals surface area contributed by atoms with Gasteiger partial charge in [-0.3, -0.25) is 10.2 Å². The third-order valence-electron chi connectivity index (χ3n) is 2.88. The number of thiophene rings is 1. The molecule has 0 atom stereocenters. The molecule has 2 rings (SSSR count). The van der Waals surface area contributed by atoms with Gasteiger partial charge in [-0.25, -0.2) is 8.42 Å². The van der Waals surface area contributed by atoms with Crippen LogP contribution >= 0.6 is 27.3 Å². The maximum Gasteiger partial charge on any atom is 0.276 e. The summed E-state index contributed by atoms with van der Waals surface area (Å²) in [5.41, 5.74) is 4.07. The van der Waals surface area contributed by atoms with Crippen molar-refractivity contribution < 1.29 is 13.2 Å². The summed E-state index contributed by atoms with van der Waals surface area (Å²) in [6.45, 7) is 3.73. The quantitative estimate of drug-likeness (QED) is 0.790. The summed E-state index contributed by atoms with van der Waals surface area (Å²) in [7, 11) is -3.78. The van der Waals surface area contributed by atoms with E-state index < -0.39 is 15.9 Å². The van der Waals surface area contributed by atoms with E-state index >= 15 is 0 Å². The Morgan fingerprint density at radius 2 is 1.86 bits per heavy atom. The summed E-state index contributed by atoms with van der Waals surface area (Å²) in [6, 6.07) is 8.11. The molecular weight excluding hydrogens is 376 g/mol. The van der Waals surface area contributed by atoms with Gasteiger partial charge in [-0.2, -0.15) is 0 Å². The van der Waals surface area contributed by atoms with Crippen molar-refractivity contribution in [1.82, 2.24) is 10.3 Å². The van der Waals surface area contributed by atoms with Crippen LogP contribution in [-0.4, -0.2) is 14.3 Å². The minimum absolute atomic E-state index is 0.110.